The number of amides is 1. The number of hydrogen-bond acceptors (Lipinski definition) is 7. The lowest BCUT2D eigenvalue weighted by molar-refractivity contribution is -0.150. The first-order valence-electron chi connectivity index (χ1n) is 10.2. The molecule has 1 aromatic heterocycles. The Labute approximate surface area is 200 Å². The molecule has 0 aliphatic carbocycles. The van der Waals surface area contributed by atoms with Gasteiger partial charge in [-0.3, -0.25) is 15.0 Å². The molecule has 0 saturated carbocycles. The quantitative estimate of drug-likeness (QED) is 0.322. The highest BCUT2D eigenvalue weighted by Crippen LogP contribution is 2.30. The van der Waals surface area contributed by atoms with Crippen LogP contribution in [-0.4, -0.2) is 36.4 Å². The molecule has 0 bridgehead atoms. The first kappa shape index (κ1) is 27.0. The second-order valence-electron chi connectivity index (χ2n) is 8.12. The van der Waals surface area contributed by atoms with Crippen molar-refractivity contribution in [1.29, 1.82) is 0 Å². The Morgan fingerprint density at radius 2 is 1.62 bits per heavy atom. The standard InChI is InChI=1S/C24H26N2O6S.CH4/c1-24(2,22(23(27)26-28)31-16-18-8-6-7-15-25-18)17-33(29,30)21-13-11-20(12-14-21)32-19-9-4-3-5-10-19;/h3-15,22,28H,16-17H2,1-2H3,(H,26,27);1H4/t22-;/m1./s1. The van der Waals surface area contributed by atoms with E-state index in [1.807, 2.05) is 18.2 Å². The third-order valence-corrected chi connectivity index (χ3v) is 7.02. The van der Waals surface area contributed by atoms with Crippen LogP contribution in [0.15, 0.2) is 83.9 Å². The fourth-order valence-electron chi connectivity index (χ4n) is 3.36. The third-order valence-electron chi connectivity index (χ3n) is 4.91. The number of sulfone groups is 1. The van der Waals surface area contributed by atoms with Crippen LogP contribution in [-0.2, 0) is 26.0 Å². The highest BCUT2D eigenvalue weighted by molar-refractivity contribution is 7.91. The number of nitrogens with one attached hydrogen (secondary N) is 1. The molecule has 9 heteroatoms. The Bertz CT molecular complexity index is 1150. The third kappa shape index (κ3) is 7.11. The largest absolute Gasteiger partial charge is 0.457 e. The number of rotatable bonds is 10. The van der Waals surface area contributed by atoms with Gasteiger partial charge in [-0.1, -0.05) is 45.5 Å². The summed E-state index contributed by atoms with van der Waals surface area (Å²) >= 11 is 0. The summed E-state index contributed by atoms with van der Waals surface area (Å²) in [5, 5.41) is 9.17. The molecule has 0 radical (unpaired) electrons. The Balaban J connectivity index is 0.00000408. The van der Waals surface area contributed by atoms with Crippen molar-refractivity contribution in [2.24, 2.45) is 5.41 Å². The van der Waals surface area contributed by atoms with Gasteiger partial charge in [0.2, 0.25) is 0 Å². The molecule has 0 unspecified atom stereocenters. The highest BCUT2D eigenvalue weighted by atomic mass is 32.2. The molecule has 0 aliphatic rings. The van der Waals surface area contributed by atoms with E-state index in [4.69, 9.17) is 9.47 Å². The van der Waals surface area contributed by atoms with E-state index in [1.54, 1.807) is 68.0 Å². The lowest BCUT2D eigenvalue weighted by Crippen LogP contribution is -2.47. The molecule has 182 valence electrons. The molecule has 0 saturated heterocycles. The first-order chi connectivity index (χ1) is 15.7. The maximum atomic E-state index is 13.1. The van der Waals surface area contributed by atoms with Gasteiger partial charge in [-0.05, 0) is 48.5 Å². The SMILES string of the molecule is C.CC(C)(CS(=O)(=O)c1ccc(Oc2ccccc2)cc1)[C@H](OCc1ccccn1)C(=O)NO. The summed E-state index contributed by atoms with van der Waals surface area (Å²) in [7, 11) is -3.79. The summed E-state index contributed by atoms with van der Waals surface area (Å²) < 4.78 is 37.6. The molecule has 0 aliphatic heterocycles. The summed E-state index contributed by atoms with van der Waals surface area (Å²) in [4.78, 5) is 16.5. The van der Waals surface area contributed by atoms with Gasteiger partial charge in [0.25, 0.3) is 5.91 Å². The van der Waals surface area contributed by atoms with Crippen molar-refractivity contribution in [3.05, 3.63) is 84.7 Å². The topological polar surface area (TPSA) is 115 Å². The maximum Gasteiger partial charge on any atom is 0.273 e. The van der Waals surface area contributed by atoms with Crippen LogP contribution in [0.1, 0.15) is 27.0 Å². The van der Waals surface area contributed by atoms with Gasteiger partial charge in [0.15, 0.2) is 9.84 Å². The van der Waals surface area contributed by atoms with Gasteiger partial charge in [0.1, 0.15) is 17.6 Å². The van der Waals surface area contributed by atoms with E-state index in [1.165, 1.54) is 12.1 Å². The number of hydrogen-bond donors (Lipinski definition) is 2. The predicted octanol–water partition coefficient (Wildman–Crippen LogP) is 4.40. The number of carbonyl (C=O) groups excluding carboxylic acids is 1. The van der Waals surface area contributed by atoms with Crippen LogP contribution in [0.3, 0.4) is 0 Å². The van der Waals surface area contributed by atoms with Crippen LogP contribution in [0.4, 0.5) is 0 Å². The second kappa shape index (κ2) is 11.7. The van der Waals surface area contributed by atoms with Crippen molar-refractivity contribution in [1.82, 2.24) is 10.5 Å². The zero-order valence-corrected chi connectivity index (χ0v) is 19.2. The van der Waals surface area contributed by atoms with Gasteiger partial charge in [0.05, 0.1) is 22.9 Å². The molecular formula is C25H30N2O6S. The molecule has 0 spiro atoms. The minimum Gasteiger partial charge on any atom is -0.457 e. The number of carbonyl (C=O) groups is 1. The van der Waals surface area contributed by atoms with Crippen molar-refractivity contribution < 1.29 is 27.9 Å². The van der Waals surface area contributed by atoms with E-state index in [2.05, 4.69) is 4.98 Å². The minimum absolute atomic E-state index is 0. The lowest BCUT2D eigenvalue weighted by atomic mass is 9.88. The Kier molecular flexibility index (Phi) is 9.31. The summed E-state index contributed by atoms with van der Waals surface area (Å²) in [5.41, 5.74) is 0.971. The number of nitrogens with zero attached hydrogens (tertiary/aromatic N) is 1. The molecule has 8 nitrogen and oxygen atoms in total. The maximum absolute atomic E-state index is 13.1. The zero-order valence-electron chi connectivity index (χ0n) is 18.3. The molecule has 1 heterocycles. The Morgan fingerprint density at radius 1 is 1.00 bits per heavy atom. The average molecular weight is 487 g/mol. The molecule has 1 amide bonds. The average Bonchev–Trinajstić information content (AvgIpc) is 2.80. The van der Waals surface area contributed by atoms with Gasteiger partial charge >= 0.3 is 0 Å². The molecule has 3 rings (SSSR count). The first-order valence-corrected chi connectivity index (χ1v) is 11.9. The number of benzene rings is 2. The van der Waals surface area contributed by atoms with E-state index in [-0.39, 0.29) is 24.7 Å². The molecule has 2 N–H and O–H groups in total. The van der Waals surface area contributed by atoms with E-state index in [0.717, 1.165) is 0 Å². The van der Waals surface area contributed by atoms with Gasteiger partial charge in [0, 0.05) is 11.6 Å². The molecule has 3 aromatic rings. The van der Waals surface area contributed by atoms with E-state index in [0.29, 0.717) is 17.2 Å². The van der Waals surface area contributed by atoms with Crippen molar-refractivity contribution >= 4 is 15.7 Å². The van der Waals surface area contributed by atoms with Crippen LogP contribution in [0, 0.1) is 5.41 Å². The van der Waals surface area contributed by atoms with Crippen molar-refractivity contribution in [3.8, 4) is 11.5 Å². The minimum atomic E-state index is -3.79. The van der Waals surface area contributed by atoms with Crippen LogP contribution < -0.4 is 10.2 Å². The number of ether oxygens (including phenoxy) is 2. The molecule has 1 atom stereocenters. The fourth-order valence-corrected chi connectivity index (χ4v) is 5.20. The van der Waals surface area contributed by atoms with Gasteiger partial charge in [-0.15, -0.1) is 0 Å². The molecule has 34 heavy (non-hydrogen) atoms. The molecule has 2 aromatic carbocycles. The van der Waals surface area contributed by atoms with Crippen molar-refractivity contribution in [2.45, 2.75) is 38.9 Å². The van der Waals surface area contributed by atoms with Gasteiger partial charge in [-0.2, -0.15) is 0 Å². The number of para-hydroxylation sites is 1. The summed E-state index contributed by atoms with van der Waals surface area (Å²) in [6, 6.07) is 20.4. The van der Waals surface area contributed by atoms with Crippen LogP contribution in [0.2, 0.25) is 0 Å². The van der Waals surface area contributed by atoms with Crippen LogP contribution in [0.5, 0.6) is 11.5 Å². The second-order valence-corrected chi connectivity index (χ2v) is 10.1. The predicted molar refractivity (Wildman–Crippen MR) is 128 cm³/mol. The lowest BCUT2D eigenvalue weighted by Gasteiger charge is -2.32. The van der Waals surface area contributed by atoms with E-state index < -0.39 is 27.3 Å². The Hall–Kier alpha value is -3.27. The molecular weight excluding hydrogens is 456 g/mol. The number of pyridine rings is 1. The fraction of sp³-hybridized carbons (Fsp3) is 0.280. The zero-order chi connectivity index (χ0) is 23.9. The monoisotopic (exact) mass is 486 g/mol. The number of hydroxylamine groups is 1. The van der Waals surface area contributed by atoms with Crippen molar-refractivity contribution in [2.75, 3.05) is 5.75 Å². The van der Waals surface area contributed by atoms with Gasteiger partial charge in [-0.25, -0.2) is 13.9 Å². The van der Waals surface area contributed by atoms with Crippen LogP contribution in [0.25, 0.3) is 0 Å². The summed E-state index contributed by atoms with van der Waals surface area (Å²) in [5.74, 6) is -0.0929. The number of aromatic nitrogens is 1. The van der Waals surface area contributed by atoms with E-state index >= 15 is 0 Å². The smallest absolute Gasteiger partial charge is 0.273 e. The summed E-state index contributed by atoms with van der Waals surface area (Å²) in [6.07, 6.45) is 0.348. The molecule has 0 fully saturated rings. The van der Waals surface area contributed by atoms with Gasteiger partial charge < -0.3 is 9.47 Å². The Morgan fingerprint density at radius 3 is 2.21 bits per heavy atom. The van der Waals surface area contributed by atoms with Crippen LogP contribution >= 0.6 is 0 Å². The van der Waals surface area contributed by atoms with E-state index in [9.17, 15) is 18.4 Å². The normalized spacial score (nSPS) is 12.3. The van der Waals surface area contributed by atoms with Crippen molar-refractivity contribution in [3.63, 3.8) is 0 Å². The summed E-state index contributed by atoms with van der Waals surface area (Å²) in [6.45, 7) is 3.17. The highest BCUT2D eigenvalue weighted by Gasteiger charge is 2.40.